The van der Waals surface area contributed by atoms with Crippen LogP contribution < -0.4 is 10.2 Å². The summed E-state index contributed by atoms with van der Waals surface area (Å²) in [7, 11) is 0. The molecule has 1 fully saturated rings. The summed E-state index contributed by atoms with van der Waals surface area (Å²) in [5, 5.41) is 14.2. The van der Waals surface area contributed by atoms with Gasteiger partial charge in [-0.15, -0.1) is 11.3 Å². The molecular formula is C22H29N5O2S. The van der Waals surface area contributed by atoms with Crippen LogP contribution in [0.3, 0.4) is 0 Å². The second-order valence-corrected chi connectivity index (χ2v) is 9.93. The third-order valence-electron chi connectivity index (χ3n) is 6.27. The second kappa shape index (κ2) is 7.59. The maximum Gasteiger partial charge on any atom is 0.147 e. The molecular weight excluding hydrogens is 398 g/mol. The Kier molecular flexibility index (Phi) is 5.03. The fraction of sp³-hybridized carbons (Fsp3) is 0.591. The standard InChI is InChI=1S/C22H29N5O2S/c1-4-13(10-28)25-19-18-17(23-12-24-19)16-14-9-22(2,3)29-11-15(14)20(26-21(16)30-18)27-7-5-6-8-27/h12-13,28H,4-11H2,1-3H3,(H,23,24,25)/t13-/m1/s1. The van der Waals surface area contributed by atoms with Crippen LogP contribution in [-0.4, -0.2) is 51.4 Å². The lowest BCUT2D eigenvalue weighted by molar-refractivity contribution is -0.0395. The minimum atomic E-state index is -0.212. The second-order valence-electron chi connectivity index (χ2n) is 8.93. The fourth-order valence-corrected chi connectivity index (χ4v) is 5.66. The fourth-order valence-electron chi connectivity index (χ4n) is 4.55. The first kappa shape index (κ1) is 19.9. The van der Waals surface area contributed by atoms with Crippen molar-refractivity contribution in [2.24, 2.45) is 0 Å². The van der Waals surface area contributed by atoms with Gasteiger partial charge in [-0.3, -0.25) is 0 Å². The molecule has 1 atom stereocenters. The van der Waals surface area contributed by atoms with E-state index in [4.69, 9.17) is 9.72 Å². The lowest BCUT2D eigenvalue weighted by atomic mass is 9.90. The molecule has 0 bridgehead atoms. The zero-order valence-electron chi connectivity index (χ0n) is 17.9. The Hall–Kier alpha value is -2.03. The molecule has 7 nitrogen and oxygen atoms in total. The van der Waals surface area contributed by atoms with Crippen LogP contribution in [0.25, 0.3) is 20.4 Å². The Labute approximate surface area is 180 Å². The first-order valence-electron chi connectivity index (χ1n) is 10.9. The summed E-state index contributed by atoms with van der Waals surface area (Å²) in [6, 6.07) is -0.0253. The number of aliphatic hydroxyl groups excluding tert-OH is 1. The van der Waals surface area contributed by atoms with E-state index in [9.17, 15) is 5.11 Å². The molecule has 0 unspecified atom stereocenters. The Balaban J connectivity index is 1.74. The number of hydrogen-bond acceptors (Lipinski definition) is 8. The summed E-state index contributed by atoms with van der Waals surface area (Å²) in [4.78, 5) is 17.7. The third-order valence-corrected chi connectivity index (χ3v) is 7.35. The molecule has 5 rings (SSSR count). The first-order valence-corrected chi connectivity index (χ1v) is 11.7. The molecule has 30 heavy (non-hydrogen) atoms. The van der Waals surface area contributed by atoms with Crippen LogP contribution in [0.5, 0.6) is 0 Å². The topological polar surface area (TPSA) is 83.4 Å². The summed E-state index contributed by atoms with van der Waals surface area (Å²) in [6.45, 7) is 9.14. The van der Waals surface area contributed by atoms with Gasteiger partial charge in [-0.05, 0) is 38.7 Å². The molecule has 0 aliphatic carbocycles. The van der Waals surface area contributed by atoms with E-state index in [1.165, 1.54) is 24.0 Å². The van der Waals surface area contributed by atoms with Crippen molar-refractivity contribution in [2.45, 2.75) is 64.7 Å². The van der Waals surface area contributed by atoms with Gasteiger partial charge in [0.25, 0.3) is 0 Å². The van der Waals surface area contributed by atoms with Gasteiger partial charge in [-0.2, -0.15) is 0 Å². The van der Waals surface area contributed by atoms with Crippen LogP contribution in [0.2, 0.25) is 0 Å². The van der Waals surface area contributed by atoms with Gasteiger partial charge in [0.05, 0.1) is 35.1 Å². The molecule has 0 aromatic carbocycles. The van der Waals surface area contributed by atoms with Crippen LogP contribution in [0.15, 0.2) is 6.33 Å². The van der Waals surface area contributed by atoms with E-state index in [2.05, 4.69) is 41.0 Å². The highest BCUT2D eigenvalue weighted by molar-refractivity contribution is 7.26. The van der Waals surface area contributed by atoms with Crippen LogP contribution in [-0.2, 0) is 17.8 Å². The van der Waals surface area contributed by atoms with E-state index in [-0.39, 0.29) is 18.2 Å². The number of nitrogens with zero attached hydrogens (tertiary/aromatic N) is 4. The van der Waals surface area contributed by atoms with Gasteiger partial charge in [0.1, 0.15) is 22.8 Å². The number of ether oxygens (including phenoxy) is 1. The van der Waals surface area contributed by atoms with Gasteiger partial charge in [-0.1, -0.05) is 6.92 Å². The molecule has 2 aliphatic heterocycles. The summed E-state index contributed by atoms with van der Waals surface area (Å²) < 4.78 is 7.21. The van der Waals surface area contributed by atoms with Crippen molar-refractivity contribution in [3.05, 3.63) is 17.5 Å². The summed E-state index contributed by atoms with van der Waals surface area (Å²) in [5.41, 5.74) is 3.28. The highest BCUT2D eigenvalue weighted by atomic mass is 32.1. The van der Waals surface area contributed by atoms with E-state index >= 15 is 0 Å². The Morgan fingerprint density at radius 2 is 2.07 bits per heavy atom. The molecule has 3 aromatic heterocycles. The van der Waals surface area contributed by atoms with Crippen molar-refractivity contribution in [1.82, 2.24) is 15.0 Å². The first-order chi connectivity index (χ1) is 14.5. The molecule has 0 radical (unpaired) electrons. The number of aromatic nitrogens is 3. The number of hydrogen-bond donors (Lipinski definition) is 2. The molecule has 5 heterocycles. The highest BCUT2D eigenvalue weighted by Gasteiger charge is 2.33. The molecule has 1 saturated heterocycles. The van der Waals surface area contributed by atoms with Crippen LogP contribution in [0.4, 0.5) is 11.6 Å². The van der Waals surface area contributed by atoms with Crippen molar-refractivity contribution in [1.29, 1.82) is 0 Å². The molecule has 2 N–H and O–H groups in total. The van der Waals surface area contributed by atoms with Gasteiger partial charge in [-0.25, -0.2) is 15.0 Å². The predicted molar refractivity (Wildman–Crippen MR) is 122 cm³/mol. The Bertz CT molecular complexity index is 1090. The van der Waals surface area contributed by atoms with Gasteiger partial charge >= 0.3 is 0 Å². The zero-order chi connectivity index (χ0) is 20.9. The molecule has 2 aliphatic rings. The minimum absolute atomic E-state index is 0.0253. The predicted octanol–water partition coefficient (Wildman–Crippen LogP) is 3.87. The van der Waals surface area contributed by atoms with Crippen molar-refractivity contribution in [3.8, 4) is 0 Å². The molecule has 0 saturated carbocycles. The third kappa shape index (κ3) is 3.31. The van der Waals surface area contributed by atoms with Gasteiger partial charge in [0, 0.05) is 30.5 Å². The van der Waals surface area contributed by atoms with Crippen molar-refractivity contribution < 1.29 is 9.84 Å². The van der Waals surface area contributed by atoms with Crippen molar-refractivity contribution in [3.63, 3.8) is 0 Å². The number of pyridine rings is 1. The number of anilines is 2. The Morgan fingerprint density at radius 3 is 2.80 bits per heavy atom. The smallest absolute Gasteiger partial charge is 0.147 e. The quantitative estimate of drug-likeness (QED) is 0.639. The van der Waals surface area contributed by atoms with E-state index in [0.29, 0.717) is 6.61 Å². The van der Waals surface area contributed by atoms with Gasteiger partial charge < -0.3 is 20.1 Å². The Morgan fingerprint density at radius 1 is 1.27 bits per heavy atom. The maximum absolute atomic E-state index is 9.64. The van der Waals surface area contributed by atoms with Crippen molar-refractivity contribution >= 4 is 43.4 Å². The van der Waals surface area contributed by atoms with Crippen LogP contribution >= 0.6 is 11.3 Å². The molecule has 160 valence electrons. The molecule has 3 aromatic rings. The van der Waals surface area contributed by atoms with E-state index in [1.54, 1.807) is 17.7 Å². The normalized spacial score (nSPS) is 19.4. The molecule has 0 spiro atoms. The highest BCUT2D eigenvalue weighted by Crippen LogP contribution is 2.44. The van der Waals surface area contributed by atoms with Crippen LogP contribution in [0, 0.1) is 0 Å². The zero-order valence-corrected chi connectivity index (χ0v) is 18.7. The average molecular weight is 428 g/mol. The lowest BCUT2D eigenvalue weighted by Crippen LogP contribution is -2.33. The summed E-state index contributed by atoms with van der Waals surface area (Å²) in [6.07, 6.45) is 5.71. The summed E-state index contributed by atoms with van der Waals surface area (Å²) >= 11 is 1.65. The van der Waals surface area contributed by atoms with Gasteiger partial charge in [0.2, 0.25) is 0 Å². The van der Waals surface area contributed by atoms with E-state index in [1.807, 2.05) is 0 Å². The molecule has 0 amide bonds. The lowest BCUT2D eigenvalue weighted by Gasteiger charge is -2.34. The number of nitrogens with one attached hydrogen (secondary N) is 1. The maximum atomic E-state index is 9.64. The van der Waals surface area contributed by atoms with E-state index in [0.717, 1.165) is 58.0 Å². The monoisotopic (exact) mass is 427 g/mol. The average Bonchev–Trinajstić information content (AvgIpc) is 3.38. The number of rotatable bonds is 5. The minimum Gasteiger partial charge on any atom is -0.394 e. The van der Waals surface area contributed by atoms with Gasteiger partial charge in [0.15, 0.2) is 0 Å². The van der Waals surface area contributed by atoms with E-state index < -0.39 is 0 Å². The summed E-state index contributed by atoms with van der Waals surface area (Å²) in [5.74, 6) is 1.87. The number of fused-ring (bicyclic) bond motifs is 5. The van der Waals surface area contributed by atoms with Crippen LogP contribution in [0.1, 0.15) is 51.2 Å². The number of thiophene rings is 1. The SMILES string of the molecule is CC[C@H](CO)Nc1ncnc2c1sc1nc(N3CCCC3)c3c(c12)CC(C)(C)OC3. The molecule has 8 heteroatoms. The van der Waals surface area contributed by atoms with Crippen molar-refractivity contribution in [2.75, 3.05) is 29.9 Å². The number of aliphatic hydroxyl groups is 1. The largest absolute Gasteiger partial charge is 0.394 e.